The van der Waals surface area contributed by atoms with Crippen molar-refractivity contribution in [1.29, 1.82) is 0 Å². The van der Waals surface area contributed by atoms with Gasteiger partial charge in [0, 0.05) is 58.4 Å². The normalized spacial score (nSPS) is 10.6. The summed E-state index contributed by atoms with van der Waals surface area (Å²) in [5.74, 6) is 0. The molecule has 0 atom stereocenters. The maximum atomic E-state index is 12.6. The number of amides is 2. The van der Waals surface area contributed by atoms with Crippen LogP contribution in [0.15, 0.2) is 43.0 Å². The number of benzene rings is 1. The average molecular weight is 358 g/mol. The number of aromatic nitrogens is 2. The van der Waals surface area contributed by atoms with E-state index in [0.717, 1.165) is 43.6 Å². The van der Waals surface area contributed by atoms with Gasteiger partial charge in [0.25, 0.3) is 0 Å². The molecule has 0 unspecified atom stereocenters. The minimum absolute atomic E-state index is 0.0146. The van der Waals surface area contributed by atoms with E-state index in [1.165, 1.54) is 0 Å². The van der Waals surface area contributed by atoms with Crippen LogP contribution in [0, 0.1) is 0 Å². The molecule has 6 heteroatoms. The molecule has 2 aromatic rings. The van der Waals surface area contributed by atoms with Crippen LogP contribution in [0.4, 0.5) is 10.5 Å². The average Bonchev–Trinajstić information content (AvgIpc) is 3.15. The zero-order valence-electron chi connectivity index (χ0n) is 16.2. The number of aryl methyl sites for hydroxylation is 1. The number of hydrogen-bond acceptors (Lipinski definition) is 3. The van der Waals surface area contributed by atoms with Crippen LogP contribution in [0.2, 0.25) is 0 Å². The Kier molecular flexibility index (Phi) is 7.99. The summed E-state index contributed by atoms with van der Waals surface area (Å²) in [6, 6.07) is 8.39. The molecule has 0 saturated heterocycles. The number of nitrogens with zero attached hydrogens (tertiary/aromatic N) is 4. The molecule has 142 valence electrons. The van der Waals surface area contributed by atoms with Gasteiger partial charge in [-0.25, -0.2) is 9.78 Å². The summed E-state index contributed by atoms with van der Waals surface area (Å²) in [4.78, 5) is 20.6. The van der Waals surface area contributed by atoms with E-state index < -0.39 is 0 Å². The van der Waals surface area contributed by atoms with Gasteiger partial charge in [-0.15, -0.1) is 0 Å². The van der Waals surface area contributed by atoms with Gasteiger partial charge in [0.1, 0.15) is 0 Å². The molecular weight excluding hydrogens is 326 g/mol. The first-order valence-corrected chi connectivity index (χ1v) is 9.35. The molecule has 0 aliphatic rings. The van der Waals surface area contributed by atoms with Crippen LogP contribution >= 0.6 is 0 Å². The Labute approximate surface area is 156 Å². The largest absolute Gasteiger partial charge is 0.378 e. The van der Waals surface area contributed by atoms with E-state index in [1.807, 2.05) is 36.1 Å². The quantitative estimate of drug-likeness (QED) is 0.664. The number of urea groups is 1. The summed E-state index contributed by atoms with van der Waals surface area (Å²) in [6.07, 6.45) is 8.52. The van der Waals surface area contributed by atoms with Gasteiger partial charge in [-0.3, -0.25) is 0 Å². The summed E-state index contributed by atoms with van der Waals surface area (Å²) in [5, 5.41) is 3.04. The summed E-state index contributed by atoms with van der Waals surface area (Å²) in [5.41, 5.74) is 2.30. The van der Waals surface area contributed by atoms with Crippen molar-refractivity contribution in [3.63, 3.8) is 0 Å². The Morgan fingerprint density at radius 3 is 2.58 bits per heavy atom. The number of carbonyl (C=O) groups is 1. The number of unbranched alkanes of at least 4 members (excludes halogenated alkanes) is 1. The van der Waals surface area contributed by atoms with Gasteiger partial charge >= 0.3 is 6.03 Å². The number of rotatable bonds is 10. The Morgan fingerprint density at radius 2 is 1.96 bits per heavy atom. The Hall–Kier alpha value is -2.50. The second-order valence-corrected chi connectivity index (χ2v) is 6.72. The lowest BCUT2D eigenvalue weighted by atomic mass is 10.2. The predicted molar refractivity (Wildman–Crippen MR) is 106 cm³/mol. The third-order valence-electron chi connectivity index (χ3n) is 4.32. The third-order valence-corrected chi connectivity index (χ3v) is 4.32. The van der Waals surface area contributed by atoms with E-state index in [0.29, 0.717) is 13.1 Å². The van der Waals surface area contributed by atoms with Crippen LogP contribution in [0.1, 0.15) is 31.7 Å². The molecule has 26 heavy (non-hydrogen) atoms. The van der Waals surface area contributed by atoms with Gasteiger partial charge in [-0.1, -0.05) is 25.5 Å². The second-order valence-electron chi connectivity index (χ2n) is 6.72. The van der Waals surface area contributed by atoms with E-state index in [9.17, 15) is 4.79 Å². The van der Waals surface area contributed by atoms with Crippen molar-refractivity contribution in [3.8, 4) is 0 Å². The molecule has 0 bridgehead atoms. The Morgan fingerprint density at radius 1 is 1.19 bits per heavy atom. The summed E-state index contributed by atoms with van der Waals surface area (Å²) in [7, 11) is 4.05. The summed E-state index contributed by atoms with van der Waals surface area (Å²) >= 11 is 0. The number of imidazole rings is 1. The first-order valence-electron chi connectivity index (χ1n) is 9.35. The van der Waals surface area contributed by atoms with Crippen molar-refractivity contribution in [1.82, 2.24) is 19.8 Å². The van der Waals surface area contributed by atoms with Gasteiger partial charge in [0.2, 0.25) is 0 Å². The number of hydrogen-bond donors (Lipinski definition) is 1. The standard InChI is InChI=1S/C20H31N5O/c1-4-5-11-22-20(26)25(14-6-13-24-15-12-21-17-24)16-18-7-9-19(10-8-18)23(2)3/h7-10,12,15,17H,4-6,11,13-14,16H2,1-3H3,(H,22,26). The molecule has 0 fully saturated rings. The van der Waals surface area contributed by atoms with Crippen molar-refractivity contribution in [2.75, 3.05) is 32.1 Å². The SMILES string of the molecule is CCCCNC(=O)N(CCCn1ccnc1)Cc1ccc(N(C)C)cc1. The molecule has 1 N–H and O–H groups in total. The summed E-state index contributed by atoms with van der Waals surface area (Å²) < 4.78 is 2.04. The molecule has 0 aliphatic heterocycles. The van der Waals surface area contributed by atoms with Crippen LogP contribution in [-0.4, -0.2) is 47.7 Å². The second kappa shape index (κ2) is 10.5. The lowest BCUT2D eigenvalue weighted by molar-refractivity contribution is 0.193. The van der Waals surface area contributed by atoms with Crippen LogP contribution in [0.25, 0.3) is 0 Å². The highest BCUT2D eigenvalue weighted by molar-refractivity contribution is 5.74. The summed E-state index contributed by atoms with van der Waals surface area (Å²) in [6.45, 7) is 5.05. The number of carbonyl (C=O) groups excluding carboxylic acids is 1. The highest BCUT2D eigenvalue weighted by Gasteiger charge is 2.13. The van der Waals surface area contributed by atoms with Gasteiger partial charge < -0.3 is 19.7 Å². The predicted octanol–water partition coefficient (Wildman–Crippen LogP) is 3.35. The number of anilines is 1. The molecule has 0 saturated carbocycles. The van der Waals surface area contributed by atoms with Crippen LogP contribution in [0.5, 0.6) is 0 Å². The molecule has 1 aromatic heterocycles. The highest BCUT2D eigenvalue weighted by atomic mass is 16.2. The molecule has 6 nitrogen and oxygen atoms in total. The molecule has 2 amide bonds. The van der Waals surface area contributed by atoms with Crippen molar-refractivity contribution in [3.05, 3.63) is 48.5 Å². The van der Waals surface area contributed by atoms with Gasteiger partial charge in [-0.05, 0) is 30.5 Å². The molecule has 0 spiro atoms. The minimum Gasteiger partial charge on any atom is -0.378 e. The Balaban J connectivity index is 1.95. The van der Waals surface area contributed by atoms with Gasteiger partial charge in [0.15, 0.2) is 0 Å². The monoisotopic (exact) mass is 357 g/mol. The van der Waals surface area contributed by atoms with Gasteiger partial charge in [0.05, 0.1) is 6.33 Å². The minimum atomic E-state index is 0.0146. The molecular formula is C20H31N5O. The number of nitrogens with one attached hydrogen (secondary N) is 1. The highest BCUT2D eigenvalue weighted by Crippen LogP contribution is 2.14. The van der Waals surface area contributed by atoms with E-state index >= 15 is 0 Å². The van der Waals surface area contributed by atoms with Crippen molar-refractivity contribution >= 4 is 11.7 Å². The van der Waals surface area contributed by atoms with E-state index in [-0.39, 0.29) is 6.03 Å². The first-order chi connectivity index (χ1) is 12.6. The van der Waals surface area contributed by atoms with E-state index in [2.05, 4.69) is 46.4 Å². The van der Waals surface area contributed by atoms with Crippen molar-refractivity contribution in [2.45, 2.75) is 39.3 Å². The lowest BCUT2D eigenvalue weighted by Crippen LogP contribution is -2.40. The van der Waals surface area contributed by atoms with Crippen LogP contribution in [-0.2, 0) is 13.1 Å². The zero-order chi connectivity index (χ0) is 18.8. The smallest absolute Gasteiger partial charge is 0.317 e. The molecule has 0 radical (unpaired) electrons. The third kappa shape index (κ3) is 6.43. The zero-order valence-corrected chi connectivity index (χ0v) is 16.2. The Bertz CT molecular complexity index is 637. The maximum Gasteiger partial charge on any atom is 0.317 e. The van der Waals surface area contributed by atoms with Crippen LogP contribution in [0.3, 0.4) is 0 Å². The van der Waals surface area contributed by atoms with Gasteiger partial charge in [-0.2, -0.15) is 0 Å². The fourth-order valence-electron chi connectivity index (χ4n) is 2.72. The molecule has 2 rings (SSSR count). The van der Waals surface area contributed by atoms with Crippen molar-refractivity contribution in [2.24, 2.45) is 0 Å². The first kappa shape index (κ1) is 19.8. The lowest BCUT2D eigenvalue weighted by Gasteiger charge is -2.24. The fraction of sp³-hybridized carbons (Fsp3) is 0.500. The topological polar surface area (TPSA) is 53.4 Å². The molecule has 0 aliphatic carbocycles. The molecule has 1 aromatic carbocycles. The van der Waals surface area contributed by atoms with E-state index in [1.54, 1.807) is 6.20 Å². The molecule has 1 heterocycles. The maximum absolute atomic E-state index is 12.6. The van der Waals surface area contributed by atoms with Crippen LogP contribution < -0.4 is 10.2 Å². The fourth-order valence-corrected chi connectivity index (χ4v) is 2.72. The van der Waals surface area contributed by atoms with Crippen molar-refractivity contribution < 1.29 is 4.79 Å². The van der Waals surface area contributed by atoms with E-state index in [4.69, 9.17) is 0 Å².